The van der Waals surface area contributed by atoms with Crippen LogP contribution in [0.3, 0.4) is 0 Å². The molecule has 1 saturated carbocycles. The summed E-state index contributed by atoms with van der Waals surface area (Å²) in [5.41, 5.74) is -0.385. The van der Waals surface area contributed by atoms with Crippen molar-refractivity contribution in [3.63, 3.8) is 0 Å². The van der Waals surface area contributed by atoms with Gasteiger partial charge in [-0.2, -0.15) is 5.26 Å². The average molecular weight is 193 g/mol. The van der Waals surface area contributed by atoms with Gasteiger partial charge in [0.1, 0.15) is 5.78 Å². The van der Waals surface area contributed by atoms with Gasteiger partial charge in [0.25, 0.3) is 0 Å². The van der Waals surface area contributed by atoms with Gasteiger partial charge in [-0.3, -0.25) is 4.79 Å². The Bertz CT molecular complexity index is 254. The molecular weight excluding hydrogens is 174 g/mol. The molecule has 0 saturated heterocycles. The third-order valence-electron chi connectivity index (χ3n) is 3.78. The molecule has 0 N–H and O–H groups in total. The quantitative estimate of drug-likeness (QED) is 0.676. The van der Waals surface area contributed by atoms with Gasteiger partial charge in [-0.15, -0.1) is 0 Å². The van der Waals surface area contributed by atoms with Crippen molar-refractivity contribution in [3.05, 3.63) is 0 Å². The predicted molar refractivity (Wildman–Crippen MR) is 55.5 cm³/mol. The van der Waals surface area contributed by atoms with Crippen LogP contribution in [0.15, 0.2) is 0 Å². The van der Waals surface area contributed by atoms with Gasteiger partial charge in [0.15, 0.2) is 0 Å². The zero-order valence-corrected chi connectivity index (χ0v) is 9.34. The number of ketones is 1. The fourth-order valence-electron chi connectivity index (χ4n) is 2.75. The van der Waals surface area contributed by atoms with Gasteiger partial charge in [0.2, 0.25) is 0 Å². The predicted octanol–water partition coefficient (Wildman–Crippen LogP) is 2.93. The lowest BCUT2D eigenvalue weighted by molar-refractivity contribution is -0.120. The Morgan fingerprint density at radius 2 is 1.93 bits per heavy atom. The van der Waals surface area contributed by atoms with Crippen LogP contribution in [-0.2, 0) is 4.79 Å². The minimum absolute atomic E-state index is 0.146. The molecule has 0 radical (unpaired) electrons. The van der Waals surface area contributed by atoms with Gasteiger partial charge in [0, 0.05) is 6.42 Å². The maximum absolute atomic E-state index is 11.2. The third-order valence-corrected chi connectivity index (χ3v) is 3.78. The number of rotatable bonds is 2. The first-order chi connectivity index (χ1) is 6.53. The number of Topliss-reactive ketones (excluding diaryl/α,β-unsaturated/α-hetero) is 1. The van der Waals surface area contributed by atoms with E-state index in [1.807, 2.05) is 0 Å². The van der Waals surface area contributed by atoms with Crippen LogP contribution in [0.5, 0.6) is 0 Å². The fourth-order valence-corrected chi connectivity index (χ4v) is 2.75. The first kappa shape index (κ1) is 11.2. The lowest BCUT2D eigenvalue weighted by atomic mass is 9.60. The molecule has 0 aromatic carbocycles. The fraction of sp³-hybridized carbons (Fsp3) is 0.833. The number of hydrogen-bond donors (Lipinski definition) is 0. The van der Waals surface area contributed by atoms with Gasteiger partial charge in [-0.1, -0.05) is 20.3 Å². The molecule has 1 fully saturated rings. The van der Waals surface area contributed by atoms with E-state index >= 15 is 0 Å². The molecule has 0 aromatic heterocycles. The average Bonchev–Trinajstić information content (AvgIpc) is 2.11. The van der Waals surface area contributed by atoms with Gasteiger partial charge in [0.05, 0.1) is 11.5 Å². The van der Waals surface area contributed by atoms with Gasteiger partial charge >= 0.3 is 0 Å². The molecule has 1 aliphatic carbocycles. The summed E-state index contributed by atoms with van der Waals surface area (Å²) in [5.74, 6) is 0.868. The van der Waals surface area contributed by atoms with E-state index in [-0.39, 0.29) is 11.2 Å². The van der Waals surface area contributed by atoms with E-state index in [4.69, 9.17) is 0 Å². The highest BCUT2D eigenvalue weighted by molar-refractivity contribution is 5.76. The summed E-state index contributed by atoms with van der Waals surface area (Å²) in [6.07, 6.45) is 3.81. The zero-order chi connectivity index (χ0) is 10.8. The van der Waals surface area contributed by atoms with Crippen LogP contribution in [0.4, 0.5) is 0 Å². The second kappa shape index (κ2) is 4.13. The molecule has 0 heterocycles. The molecule has 0 aliphatic heterocycles. The monoisotopic (exact) mass is 193 g/mol. The van der Waals surface area contributed by atoms with E-state index in [0.717, 1.165) is 12.8 Å². The summed E-state index contributed by atoms with van der Waals surface area (Å²) in [4.78, 5) is 11.2. The molecule has 2 unspecified atom stereocenters. The molecule has 0 aromatic rings. The van der Waals surface area contributed by atoms with E-state index in [2.05, 4.69) is 19.9 Å². The van der Waals surface area contributed by atoms with Gasteiger partial charge in [-0.05, 0) is 31.6 Å². The molecule has 0 amide bonds. The Morgan fingerprint density at radius 1 is 1.43 bits per heavy atom. The lowest BCUT2D eigenvalue weighted by Gasteiger charge is -2.41. The Morgan fingerprint density at radius 3 is 2.29 bits per heavy atom. The maximum Gasteiger partial charge on any atom is 0.131 e. The van der Waals surface area contributed by atoms with Gasteiger partial charge in [-0.25, -0.2) is 0 Å². The van der Waals surface area contributed by atoms with E-state index in [1.54, 1.807) is 6.92 Å². The Hall–Kier alpha value is -0.840. The Labute approximate surface area is 86.3 Å². The van der Waals surface area contributed by atoms with Gasteiger partial charge < -0.3 is 0 Å². The molecule has 2 atom stereocenters. The van der Waals surface area contributed by atoms with Crippen LogP contribution in [0.2, 0.25) is 0 Å². The topological polar surface area (TPSA) is 40.9 Å². The second-order valence-corrected chi connectivity index (χ2v) is 4.76. The molecule has 78 valence electrons. The van der Waals surface area contributed by atoms with Crippen molar-refractivity contribution < 1.29 is 4.79 Å². The number of nitriles is 1. The summed E-state index contributed by atoms with van der Waals surface area (Å²) >= 11 is 0. The summed E-state index contributed by atoms with van der Waals surface area (Å²) in [5, 5.41) is 9.33. The highest BCUT2D eigenvalue weighted by Gasteiger charge is 2.44. The summed E-state index contributed by atoms with van der Waals surface area (Å²) in [7, 11) is 0. The molecule has 0 bridgehead atoms. The Balaban J connectivity index is 2.93. The van der Waals surface area contributed by atoms with Crippen LogP contribution in [-0.4, -0.2) is 5.78 Å². The molecule has 2 nitrogen and oxygen atoms in total. The summed E-state index contributed by atoms with van der Waals surface area (Å²) in [6.45, 7) is 5.82. The first-order valence-electron chi connectivity index (χ1n) is 5.43. The van der Waals surface area contributed by atoms with E-state index in [9.17, 15) is 10.1 Å². The number of carbonyl (C=O) groups is 1. The van der Waals surface area contributed by atoms with E-state index in [0.29, 0.717) is 18.3 Å². The number of carbonyl (C=O) groups excluding carboxylic acids is 1. The third kappa shape index (κ3) is 1.82. The highest BCUT2D eigenvalue weighted by Crippen LogP contribution is 2.47. The second-order valence-electron chi connectivity index (χ2n) is 4.76. The van der Waals surface area contributed by atoms with Crippen molar-refractivity contribution in [2.45, 2.75) is 46.5 Å². The van der Waals surface area contributed by atoms with Crippen LogP contribution in [0.1, 0.15) is 46.5 Å². The van der Waals surface area contributed by atoms with Crippen LogP contribution < -0.4 is 0 Å². The standard InChI is InChI=1S/C12H19NO/c1-9-5-4-6-10(2)12(9,8-13)7-11(3)14/h9-10H,4-7H2,1-3H3. The van der Waals surface area contributed by atoms with Crippen molar-refractivity contribution in [1.29, 1.82) is 5.26 Å². The van der Waals surface area contributed by atoms with Crippen LogP contribution in [0.25, 0.3) is 0 Å². The van der Waals surface area contributed by atoms with Crippen molar-refractivity contribution >= 4 is 5.78 Å². The lowest BCUT2D eigenvalue weighted by Crippen LogP contribution is -2.39. The highest BCUT2D eigenvalue weighted by atomic mass is 16.1. The summed E-state index contributed by atoms with van der Waals surface area (Å²) < 4.78 is 0. The van der Waals surface area contributed by atoms with Crippen LogP contribution in [0, 0.1) is 28.6 Å². The largest absolute Gasteiger partial charge is 0.300 e. The normalized spacial score (nSPS) is 37.6. The van der Waals surface area contributed by atoms with Crippen molar-refractivity contribution in [3.8, 4) is 6.07 Å². The number of nitrogens with zero attached hydrogens (tertiary/aromatic N) is 1. The minimum atomic E-state index is -0.385. The first-order valence-corrected chi connectivity index (χ1v) is 5.43. The summed E-state index contributed by atoms with van der Waals surface area (Å²) in [6, 6.07) is 2.43. The van der Waals surface area contributed by atoms with E-state index < -0.39 is 0 Å². The Kier molecular flexibility index (Phi) is 3.31. The molecule has 1 aliphatic rings. The van der Waals surface area contributed by atoms with Crippen LogP contribution >= 0.6 is 0 Å². The molecule has 14 heavy (non-hydrogen) atoms. The molecular formula is C12H19NO. The van der Waals surface area contributed by atoms with Crippen molar-refractivity contribution in [1.82, 2.24) is 0 Å². The zero-order valence-electron chi connectivity index (χ0n) is 9.34. The smallest absolute Gasteiger partial charge is 0.131 e. The molecule has 2 heteroatoms. The minimum Gasteiger partial charge on any atom is -0.300 e. The SMILES string of the molecule is CC(=O)CC1(C#N)C(C)CCCC1C. The van der Waals surface area contributed by atoms with Crippen molar-refractivity contribution in [2.75, 3.05) is 0 Å². The molecule has 0 spiro atoms. The molecule has 1 rings (SSSR count). The van der Waals surface area contributed by atoms with Crippen molar-refractivity contribution in [2.24, 2.45) is 17.3 Å². The maximum atomic E-state index is 11.2. The van der Waals surface area contributed by atoms with E-state index in [1.165, 1.54) is 6.42 Å². The number of hydrogen-bond acceptors (Lipinski definition) is 2.